The van der Waals surface area contributed by atoms with Crippen molar-refractivity contribution in [1.82, 2.24) is 4.90 Å². The minimum atomic E-state index is 0.0769. The molecule has 0 bridgehead atoms. The Hall–Kier alpha value is -0.0900. The highest BCUT2D eigenvalue weighted by atomic mass is 79.9. The van der Waals surface area contributed by atoms with Crippen molar-refractivity contribution in [2.45, 2.75) is 26.2 Å². The second-order valence-electron chi connectivity index (χ2n) is 3.26. The molecule has 0 aromatic carbocycles. The van der Waals surface area contributed by atoms with Gasteiger partial charge in [-0.2, -0.15) is 0 Å². The predicted octanol–water partition coefficient (Wildman–Crippen LogP) is 2.05. The van der Waals surface area contributed by atoms with Crippen LogP contribution in [0, 0.1) is 0 Å². The lowest BCUT2D eigenvalue weighted by atomic mass is 10.3. The van der Waals surface area contributed by atoms with E-state index in [1.54, 1.807) is 4.90 Å². The van der Waals surface area contributed by atoms with Crippen LogP contribution in [0.25, 0.3) is 0 Å². The third-order valence-electron chi connectivity index (χ3n) is 1.92. The van der Waals surface area contributed by atoms with E-state index in [0.29, 0.717) is 6.61 Å². The number of nitrogens with zero attached hydrogens (tertiary/aromatic N) is 1. The topological polar surface area (TPSA) is 29.5 Å². The van der Waals surface area contributed by atoms with Crippen molar-refractivity contribution in [3.05, 3.63) is 0 Å². The molecule has 0 saturated carbocycles. The number of hydrogen-bond donors (Lipinski definition) is 0. The number of likely N-dealkylation sites (N-methyl/N-ethyl adjacent to an activating group) is 1. The summed E-state index contributed by atoms with van der Waals surface area (Å²) < 4.78 is 5.22. The maximum atomic E-state index is 11.4. The Labute approximate surface area is 94.9 Å². The zero-order valence-electron chi connectivity index (χ0n) is 9.09. The first-order chi connectivity index (χ1) is 6.72. The highest BCUT2D eigenvalue weighted by Crippen LogP contribution is 1.94. The van der Waals surface area contributed by atoms with Gasteiger partial charge >= 0.3 is 0 Å². The van der Waals surface area contributed by atoms with E-state index in [4.69, 9.17) is 4.74 Å². The Morgan fingerprint density at radius 2 is 2.14 bits per heavy atom. The molecule has 0 unspecified atom stereocenters. The minimum absolute atomic E-state index is 0.0769. The summed E-state index contributed by atoms with van der Waals surface area (Å²) in [7, 11) is 1.83. The standard InChI is InChI=1S/C10H20BrNO2/c1-3-4-7-12(2)10(13)9-14-8-5-6-11/h3-9H2,1-2H3. The van der Waals surface area contributed by atoms with Crippen LogP contribution in [0.5, 0.6) is 0 Å². The number of ether oxygens (including phenoxy) is 1. The third-order valence-corrected chi connectivity index (χ3v) is 2.48. The van der Waals surface area contributed by atoms with Crippen LogP contribution < -0.4 is 0 Å². The molecule has 0 atom stereocenters. The van der Waals surface area contributed by atoms with Crippen molar-refractivity contribution in [1.29, 1.82) is 0 Å². The number of alkyl halides is 1. The summed E-state index contributed by atoms with van der Waals surface area (Å²) in [4.78, 5) is 13.1. The summed E-state index contributed by atoms with van der Waals surface area (Å²) in [5.74, 6) is 0.0769. The van der Waals surface area contributed by atoms with E-state index in [1.165, 1.54) is 0 Å². The molecule has 0 saturated heterocycles. The van der Waals surface area contributed by atoms with Crippen LogP contribution in [0.1, 0.15) is 26.2 Å². The molecular weight excluding hydrogens is 246 g/mol. The molecule has 0 rings (SSSR count). The molecule has 0 aliphatic carbocycles. The summed E-state index contributed by atoms with van der Waals surface area (Å²) in [6.45, 7) is 3.81. The van der Waals surface area contributed by atoms with Gasteiger partial charge in [0.25, 0.3) is 0 Å². The first-order valence-electron chi connectivity index (χ1n) is 5.10. The van der Waals surface area contributed by atoms with Crippen LogP contribution >= 0.6 is 15.9 Å². The Morgan fingerprint density at radius 3 is 2.71 bits per heavy atom. The van der Waals surface area contributed by atoms with Gasteiger partial charge in [0.2, 0.25) is 5.91 Å². The molecule has 0 aliphatic heterocycles. The van der Waals surface area contributed by atoms with Crippen molar-refractivity contribution in [3.8, 4) is 0 Å². The number of halogens is 1. The van der Waals surface area contributed by atoms with Crippen molar-refractivity contribution >= 4 is 21.8 Å². The van der Waals surface area contributed by atoms with Crippen LogP contribution in [0.2, 0.25) is 0 Å². The number of carbonyl (C=O) groups excluding carboxylic acids is 1. The lowest BCUT2D eigenvalue weighted by Gasteiger charge is -2.16. The number of rotatable bonds is 8. The summed E-state index contributed by atoms with van der Waals surface area (Å²) in [6, 6.07) is 0. The van der Waals surface area contributed by atoms with E-state index in [1.807, 2.05) is 7.05 Å². The molecule has 1 amide bonds. The normalized spacial score (nSPS) is 10.2. The van der Waals surface area contributed by atoms with Gasteiger partial charge in [-0.15, -0.1) is 0 Å². The van der Waals surface area contributed by atoms with Crippen molar-refractivity contribution in [3.63, 3.8) is 0 Å². The number of hydrogen-bond acceptors (Lipinski definition) is 2. The summed E-state index contributed by atoms with van der Waals surface area (Å²) in [5, 5.41) is 0.923. The summed E-state index contributed by atoms with van der Waals surface area (Å²) >= 11 is 3.30. The first kappa shape index (κ1) is 13.9. The van der Waals surface area contributed by atoms with Gasteiger partial charge in [-0.25, -0.2) is 0 Å². The molecule has 84 valence electrons. The molecule has 0 radical (unpaired) electrons. The molecule has 4 heteroatoms. The molecular formula is C10H20BrNO2. The second kappa shape index (κ2) is 9.46. The Balaban J connectivity index is 3.42. The first-order valence-corrected chi connectivity index (χ1v) is 6.22. The van der Waals surface area contributed by atoms with Crippen LogP contribution in [-0.4, -0.2) is 42.9 Å². The monoisotopic (exact) mass is 265 g/mol. The summed E-state index contributed by atoms with van der Waals surface area (Å²) in [6.07, 6.45) is 3.12. The fraction of sp³-hybridized carbons (Fsp3) is 0.900. The van der Waals surface area contributed by atoms with Gasteiger partial charge in [0.15, 0.2) is 0 Å². The molecule has 3 nitrogen and oxygen atoms in total. The Kier molecular flexibility index (Phi) is 9.40. The van der Waals surface area contributed by atoms with E-state index in [-0.39, 0.29) is 12.5 Å². The quantitative estimate of drug-likeness (QED) is 0.497. The van der Waals surface area contributed by atoms with Crippen LogP contribution in [-0.2, 0) is 9.53 Å². The Morgan fingerprint density at radius 1 is 1.43 bits per heavy atom. The molecule has 0 aromatic rings. The second-order valence-corrected chi connectivity index (χ2v) is 4.06. The van der Waals surface area contributed by atoms with Crippen molar-refractivity contribution in [2.75, 3.05) is 32.1 Å². The smallest absolute Gasteiger partial charge is 0.248 e. The average Bonchev–Trinajstić information content (AvgIpc) is 2.20. The average molecular weight is 266 g/mol. The SMILES string of the molecule is CCCCN(C)C(=O)COCCCBr. The predicted molar refractivity (Wildman–Crippen MR) is 61.8 cm³/mol. The van der Waals surface area contributed by atoms with Gasteiger partial charge < -0.3 is 9.64 Å². The molecule has 0 N–H and O–H groups in total. The van der Waals surface area contributed by atoms with Crippen molar-refractivity contribution < 1.29 is 9.53 Å². The third kappa shape index (κ3) is 7.33. The van der Waals surface area contributed by atoms with Gasteiger partial charge in [0.05, 0.1) is 0 Å². The maximum Gasteiger partial charge on any atom is 0.248 e. The largest absolute Gasteiger partial charge is 0.372 e. The highest BCUT2D eigenvalue weighted by Gasteiger charge is 2.07. The zero-order valence-corrected chi connectivity index (χ0v) is 10.7. The minimum Gasteiger partial charge on any atom is -0.372 e. The number of unbranched alkanes of at least 4 members (excludes halogenated alkanes) is 1. The lowest BCUT2D eigenvalue weighted by molar-refractivity contribution is -0.134. The Bertz CT molecular complexity index is 153. The molecule has 0 fully saturated rings. The number of amides is 1. The molecule has 14 heavy (non-hydrogen) atoms. The van der Waals surface area contributed by atoms with E-state index in [0.717, 1.165) is 31.1 Å². The lowest BCUT2D eigenvalue weighted by Crippen LogP contribution is -2.31. The van der Waals surface area contributed by atoms with Crippen LogP contribution in [0.15, 0.2) is 0 Å². The van der Waals surface area contributed by atoms with Gasteiger partial charge in [-0.1, -0.05) is 29.3 Å². The van der Waals surface area contributed by atoms with Gasteiger partial charge in [0, 0.05) is 25.5 Å². The fourth-order valence-electron chi connectivity index (χ4n) is 0.946. The zero-order chi connectivity index (χ0) is 10.8. The molecule has 0 spiro atoms. The molecule has 0 heterocycles. The van der Waals surface area contributed by atoms with E-state index in [2.05, 4.69) is 22.9 Å². The van der Waals surface area contributed by atoms with Gasteiger partial charge in [-0.3, -0.25) is 4.79 Å². The van der Waals surface area contributed by atoms with E-state index < -0.39 is 0 Å². The van der Waals surface area contributed by atoms with E-state index in [9.17, 15) is 4.79 Å². The maximum absolute atomic E-state index is 11.4. The van der Waals surface area contributed by atoms with Crippen molar-refractivity contribution in [2.24, 2.45) is 0 Å². The highest BCUT2D eigenvalue weighted by molar-refractivity contribution is 9.09. The van der Waals surface area contributed by atoms with Crippen LogP contribution in [0.3, 0.4) is 0 Å². The molecule has 0 aromatic heterocycles. The number of carbonyl (C=O) groups is 1. The van der Waals surface area contributed by atoms with E-state index >= 15 is 0 Å². The summed E-state index contributed by atoms with van der Waals surface area (Å²) in [5.41, 5.74) is 0. The molecule has 0 aliphatic rings. The van der Waals surface area contributed by atoms with Gasteiger partial charge in [0.1, 0.15) is 6.61 Å². The van der Waals surface area contributed by atoms with Crippen LogP contribution in [0.4, 0.5) is 0 Å². The fourth-order valence-corrected chi connectivity index (χ4v) is 1.18. The van der Waals surface area contributed by atoms with Gasteiger partial charge in [-0.05, 0) is 12.8 Å².